The lowest BCUT2D eigenvalue weighted by atomic mass is 9.87. The molecule has 1 aliphatic carbocycles. The first kappa shape index (κ1) is 30.3. The van der Waals surface area contributed by atoms with Crippen LogP contribution in [0.25, 0.3) is 0 Å². The molecule has 2 aliphatic rings. The summed E-state index contributed by atoms with van der Waals surface area (Å²) in [5.74, 6) is 5.61. The number of aryl methyl sites for hydroxylation is 1. The SMILES string of the molecule is COC(=O)c1ccc(C#Cc2ccc(CC(N)C(=O)N3C[Si](C)(C)C[C@H]3C(=O)NC3CCCc4ccccc43)cc2)cc1. The summed E-state index contributed by atoms with van der Waals surface area (Å²) in [6, 6.07) is 22.4. The van der Waals surface area contributed by atoms with Gasteiger partial charge in [-0.25, -0.2) is 4.79 Å². The van der Waals surface area contributed by atoms with Gasteiger partial charge in [0.15, 0.2) is 0 Å². The highest BCUT2D eigenvalue weighted by Gasteiger charge is 2.46. The van der Waals surface area contributed by atoms with E-state index in [2.05, 4.69) is 42.4 Å². The molecule has 1 saturated heterocycles. The van der Waals surface area contributed by atoms with Gasteiger partial charge in [0.1, 0.15) is 6.04 Å². The summed E-state index contributed by atoms with van der Waals surface area (Å²) in [7, 11) is -0.421. The molecule has 1 heterocycles. The van der Waals surface area contributed by atoms with Crippen LogP contribution in [0.2, 0.25) is 19.1 Å². The van der Waals surface area contributed by atoms with Gasteiger partial charge in [0.2, 0.25) is 11.8 Å². The van der Waals surface area contributed by atoms with E-state index in [9.17, 15) is 14.4 Å². The van der Waals surface area contributed by atoms with Crippen molar-refractivity contribution < 1.29 is 19.1 Å². The number of hydrogen-bond donors (Lipinski definition) is 2. The Balaban J connectivity index is 1.21. The molecular formula is C35H39N3O4Si. The lowest BCUT2D eigenvalue weighted by Crippen LogP contribution is -2.52. The number of nitrogens with one attached hydrogen (secondary N) is 1. The zero-order valence-corrected chi connectivity index (χ0v) is 26.1. The fourth-order valence-electron chi connectivity index (χ4n) is 6.14. The number of carbonyl (C=O) groups is 3. The van der Waals surface area contributed by atoms with Crippen LogP contribution in [-0.2, 0) is 27.2 Å². The number of amides is 2. The van der Waals surface area contributed by atoms with Crippen molar-refractivity contribution in [3.63, 3.8) is 0 Å². The number of ether oxygens (including phenoxy) is 1. The van der Waals surface area contributed by atoms with Crippen molar-refractivity contribution in [1.82, 2.24) is 10.2 Å². The second kappa shape index (κ2) is 13.0. The molecule has 3 N–H and O–H groups in total. The Morgan fingerprint density at radius 3 is 2.33 bits per heavy atom. The number of carbonyl (C=O) groups excluding carboxylic acids is 3. The van der Waals surface area contributed by atoms with Crippen molar-refractivity contribution in [1.29, 1.82) is 0 Å². The number of methoxy groups -OCH3 is 1. The van der Waals surface area contributed by atoms with E-state index >= 15 is 0 Å². The number of fused-ring (bicyclic) bond motifs is 1. The third-order valence-corrected chi connectivity index (χ3v) is 11.1. The Kier molecular flexibility index (Phi) is 9.14. The van der Waals surface area contributed by atoms with E-state index in [1.54, 1.807) is 29.2 Å². The molecule has 0 radical (unpaired) electrons. The Morgan fingerprint density at radius 2 is 1.65 bits per heavy atom. The summed E-state index contributed by atoms with van der Waals surface area (Å²) in [4.78, 5) is 40.6. The Bertz CT molecular complexity index is 1560. The van der Waals surface area contributed by atoms with Crippen LogP contribution in [0.5, 0.6) is 0 Å². The molecule has 2 unspecified atom stereocenters. The van der Waals surface area contributed by atoms with Gasteiger partial charge in [0.05, 0.1) is 32.8 Å². The first-order valence-corrected chi connectivity index (χ1v) is 18.3. The number of nitrogens with zero attached hydrogens (tertiary/aromatic N) is 1. The van der Waals surface area contributed by atoms with E-state index in [0.29, 0.717) is 18.2 Å². The molecule has 7 nitrogen and oxygen atoms in total. The molecule has 0 spiro atoms. The lowest BCUT2D eigenvalue weighted by molar-refractivity contribution is -0.139. The predicted molar refractivity (Wildman–Crippen MR) is 170 cm³/mol. The summed E-state index contributed by atoms with van der Waals surface area (Å²) in [6.07, 6.45) is 3.99. The second-order valence-electron chi connectivity index (χ2n) is 12.3. The van der Waals surface area contributed by atoms with Crippen LogP contribution in [0.15, 0.2) is 72.8 Å². The Hall–Kier alpha value is -4.19. The number of hydrogen-bond acceptors (Lipinski definition) is 5. The molecule has 3 aromatic carbocycles. The van der Waals surface area contributed by atoms with E-state index in [1.165, 1.54) is 18.2 Å². The molecule has 2 amide bonds. The minimum absolute atomic E-state index is 0.0192. The van der Waals surface area contributed by atoms with Crippen molar-refractivity contribution in [3.8, 4) is 11.8 Å². The second-order valence-corrected chi connectivity index (χ2v) is 17.4. The van der Waals surface area contributed by atoms with Crippen molar-refractivity contribution in [2.75, 3.05) is 13.3 Å². The van der Waals surface area contributed by atoms with Crippen LogP contribution in [0, 0.1) is 11.8 Å². The third-order valence-electron chi connectivity index (χ3n) is 8.38. The summed E-state index contributed by atoms with van der Waals surface area (Å²) >= 11 is 0. The monoisotopic (exact) mass is 593 g/mol. The highest BCUT2D eigenvalue weighted by atomic mass is 28.3. The van der Waals surface area contributed by atoms with Crippen molar-refractivity contribution in [2.45, 2.75) is 62.9 Å². The minimum Gasteiger partial charge on any atom is -0.465 e. The predicted octanol–water partition coefficient (Wildman–Crippen LogP) is 4.40. The molecule has 43 heavy (non-hydrogen) atoms. The molecule has 0 saturated carbocycles. The minimum atomic E-state index is -1.77. The van der Waals surface area contributed by atoms with Gasteiger partial charge < -0.3 is 20.7 Å². The molecule has 3 aromatic rings. The van der Waals surface area contributed by atoms with Crippen LogP contribution in [-0.4, -0.2) is 56.1 Å². The van der Waals surface area contributed by atoms with E-state index in [1.807, 2.05) is 36.4 Å². The maximum absolute atomic E-state index is 13.6. The molecule has 0 aromatic heterocycles. The van der Waals surface area contributed by atoms with Gasteiger partial charge in [-0.15, -0.1) is 0 Å². The smallest absolute Gasteiger partial charge is 0.337 e. The number of benzene rings is 3. The molecule has 0 bridgehead atoms. The first-order valence-electron chi connectivity index (χ1n) is 14.9. The van der Waals surface area contributed by atoms with Gasteiger partial charge >= 0.3 is 5.97 Å². The van der Waals surface area contributed by atoms with Crippen LogP contribution >= 0.6 is 0 Å². The standard InChI is InChI=1S/C35H39N3O4Si/c1-42-35(41)28-19-17-25(18-20-28)12-11-24-13-15-26(16-14-24)21-30(36)34(40)38-23-43(2,3)22-32(38)33(39)37-31-10-6-8-27-7-4-5-9-29(27)31/h4-5,7,9,13-20,30-32H,6,8,10,21-23,36H2,1-3H3,(H,37,39)/t30?,31?,32-/m0/s1. The molecule has 3 atom stereocenters. The Morgan fingerprint density at radius 1 is 1.00 bits per heavy atom. The van der Waals surface area contributed by atoms with Crippen molar-refractivity contribution in [2.24, 2.45) is 5.73 Å². The van der Waals surface area contributed by atoms with Gasteiger partial charge in [-0.05, 0) is 84.8 Å². The zero-order valence-electron chi connectivity index (χ0n) is 25.1. The molecule has 5 rings (SSSR count). The highest BCUT2D eigenvalue weighted by Crippen LogP contribution is 2.32. The molecule has 8 heteroatoms. The van der Waals surface area contributed by atoms with E-state index in [4.69, 9.17) is 10.5 Å². The topological polar surface area (TPSA) is 102 Å². The van der Waals surface area contributed by atoms with Crippen molar-refractivity contribution >= 4 is 25.9 Å². The normalized spacial score (nSPS) is 19.4. The molecule has 1 fully saturated rings. The van der Waals surface area contributed by atoms with E-state index in [-0.39, 0.29) is 23.8 Å². The third kappa shape index (κ3) is 7.24. The first-order chi connectivity index (χ1) is 20.6. The summed E-state index contributed by atoms with van der Waals surface area (Å²) in [5, 5.41) is 3.28. The van der Waals surface area contributed by atoms with Gasteiger partial charge in [0.25, 0.3) is 0 Å². The van der Waals surface area contributed by atoms with E-state index in [0.717, 1.165) is 42.0 Å². The van der Waals surface area contributed by atoms with Crippen LogP contribution in [0.4, 0.5) is 0 Å². The average molecular weight is 594 g/mol. The van der Waals surface area contributed by atoms with Gasteiger partial charge in [-0.1, -0.05) is 61.3 Å². The number of nitrogens with two attached hydrogens (primary N) is 1. The number of esters is 1. The number of rotatable bonds is 6. The maximum atomic E-state index is 13.6. The quantitative estimate of drug-likeness (QED) is 0.251. The molecule has 1 aliphatic heterocycles. The summed E-state index contributed by atoms with van der Waals surface area (Å²) in [6.45, 7) is 4.46. The lowest BCUT2D eigenvalue weighted by Gasteiger charge is -2.31. The summed E-state index contributed by atoms with van der Waals surface area (Å²) in [5.41, 5.74) is 12.0. The zero-order chi connectivity index (χ0) is 30.6. The maximum Gasteiger partial charge on any atom is 0.337 e. The largest absolute Gasteiger partial charge is 0.465 e. The highest BCUT2D eigenvalue weighted by molar-refractivity contribution is 6.79. The van der Waals surface area contributed by atoms with Gasteiger partial charge in [-0.3, -0.25) is 9.59 Å². The average Bonchev–Trinajstić information content (AvgIpc) is 3.35. The van der Waals surface area contributed by atoms with Crippen LogP contribution < -0.4 is 11.1 Å². The molecule has 222 valence electrons. The van der Waals surface area contributed by atoms with Crippen molar-refractivity contribution in [3.05, 3.63) is 106 Å². The van der Waals surface area contributed by atoms with Gasteiger partial charge in [-0.2, -0.15) is 0 Å². The van der Waals surface area contributed by atoms with Gasteiger partial charge in [0, 0.05) is 17.3 Å². The van der Waals surface area contributed by atoms with E-state index < -0.39 is 20.2 Å². The summed E-state index contributed by atoms with van der Waals surface area (Å²) < 4.78 is 4.73. The van der Waals surface area contributed by atoms with Crippen LogP contribution in [0.1, 0.15) is 57.1 Å². The molecular weight excluding hydrogens is 554 g/mol. The fourth-order valence-corrected chi connectivity index (χ4v) is 9.02. The Labute approximate surface area is 254 Å². The fraction of sp³-hybridized carbons (Fsp3) is 0.343. The van der Waals surface area contributed by atoms with Crippen LogP contribution in [0.3, 0.4) is 0 Å².